The van der Waals surface area contributed by atoms with Crippen LogP contribution in [0.4, 0.5) is 19.3 Å². The van der Waals surface area contributed by atoms with Crippen molar-refractivity contribution in [3.63, 3.8) is 0 Å². The molecular formula is C12H14ClF2N3O2S. The number of nitrogens with one attached hydrogen (secondary N) is 2. The standard InChI is InChI=1S/C12H14ClF2N3O2S/c1-18(2)9(19)6-16-12(20)17-8-5-3-4-7(13)10(8)21-11(14)15/h3-5,11H,6H2,1-2H3,(H2,16,17,20). The van der Waals surface area contributed by atoms with Gasteiger partial charge in [-0.3, -0.25) is 4.79 Å². The summed E-state index contributed by atoms with van der Waals surface area (Å²) < 4.78 is 25.0. The molecule has 0 unspecified atom stereocenters. The first-order valence-corrected chi connectivity index (χ1v) is 7.05. The number of hydrogen-bond acceptors (Lipinski definition) is 3. The highest BCUT2D eigenvalue weighted by Crippen LogP contribution is 2.37. The Kier molecular flexibility index (Phi) is 6.70. The second-order valence-electron chi connectivity index (χ2n) is 4.09. The summed E-state index contributed by atoms with van der Waals surface area (Å²) in [5.41, 5.74) is 0.155. The third kappa shape index (κ3) is 5.76. The molecule has 0 saturated heterocycles. The number of anilines is 1. The third-order valence-corrected chi connectivity index (χ3v) is 3.60. The van der Waals surface area contributed by atoms with Crippen molar-refractivity contribution in [1.29, 1.82) is 0 Å². The van der Waals surface area contributed by atoms with Crippen molar-refractivity contribution >= 4 is 41.0 Å². The van der Waals surface area contributed by atoms with E-state index in [1.807, 2.05) is 0 Å². The molecule has 116 valence electrons. The zero-order valence-corrected chi connectivity index (χ0v) is 12.9. The van der Waals surface area contributed by atoms with Gasteiger partial charge in [0.2, 0.25) is 5.91 Å². The van der Waals surface area contributed by atoms with Gasteiger partial charge in [-0.1, -0.05) is 29.4 Å². The lowest BCUT2D eigenvalue weighted by Gasteiger charge is -2.14. The fourth-order valence-corrected chi connectivity index (χ4v) is 2.21. The van der Waals surface area contributed by atoms with Gasteiger partial charge < -0.3 is 15.5 Å². The van der Waals surface area contributed by atoms with Gasteiger partial charge in [-0.05, 0) is 12.1 Å². The van der Waals surface area contributed by atoms with Gasteiger partial charge in [0.05, 0.1) is 22.2 Å². The molecule has 0 fully saturated rings. The lowest BCUT2D eigenvalue weighted by Crippen LogP contribution is -2.38. The summed E-state index contributed by atoms with van der Waals surface area (Å²) in [5.74, 6) is -2.96. The Morgan fingerprint density at radius 1 is 1.38 bits per heavy atom. The van der Waals surface area contributed by atoms with Crippen LogP contribution >= 0.6 is 23.4 Å². The lowest BCUT2D eigenvalue weighted by atomic mass is 10.3. The summed E-state index contributed by atoms with van der Waals surface area (Å²) in [6, 6.07) is 3.75. The van der Waals surface area contributed by atoms with E-state index in [1.54, 1.807) is 14.1 Å². The molecule has 1 rings (SSSR count). The molecule has 0 aliphatic rings. The van der Waals surface area contributed by atoms with Crippen LogP contribution in [0.2, 0.25) is 5.02 Å². The maximum absolute atomic E-state index is 12.5. The molecule has 9 heteroatoms. The third-order valence-electron chi connectivity index (χ3n) is 2.32. The Bertz CT molecular complexity index is 529. The number of amides is 3. The van der Waals surface area contributed by atoms with Crippen molar-refractivity contribution in [2.45, 2.75) is 10.7 Å². The van der Waals surface area contributed by atoms with E-state index in [9.17, 15) is 18.4 Å². The van der Waals surface area contributed by atoms with Crippen molar-refractivity contribution < 1.29 is 18.4 Å². The first-order chi connectivity index (χ1) is 9.81. The molecule has 0 radical (unpaired) electrons. The topological polar surface area (TPSA) is 61.4 Å². The van der Waals surface area contributed by atoms with Crippen molar-refractivity contribution in [1.82, 2.24) is 10.2 Å². The summed E-state index contributed by atoms with van der Waals surface area (Å²) >= 11 is 6.08. The first kappa shape index (κ1) is 17.5. The number of benzene rings is 1. The summed E-state index contributed by atoms with van der Waals surface area (Å²) in [6.45, 7) is -0.198. The number of thioether (sulfide) groups is 1. The maximum atomic E-state index is 12.5. The monoisotopic (exact) mass is 337 g/mol. The summed E-state index contributed by atoms with van der Waals surface area (Å²) in [6.07, 6.45) is 0. The van der Waals surface area contributed by atoms with E-state index in [0.29, 0.717) is 0 Å². The van der Waals surface area contributed by atoms with Crippen LogP contribution in [0.3, 0.4) is 0 Å². The van der Waals surface area contributed by atoms with Gasteiger partial charge in [-0.15, -0.1) is 0 Å². The zero-order chi connectivity index (χ0) is 16.0. The normalized spacial score (nSPS) is 10.4. The number of likely N-dealkylation sites (N-methyl/N-ethyl adjacent to an activating group) is 1. The highest BCUT2D eigenvalue weighted by molar-refractivity contribution is 7.99. The van der Waals surface area contributed by atoms with Crippen molar-refractivity contribution in [3.8, 4) is 0 Å². The fraction of sp³-hybridized carbons (Fsp3) is 0.333. The van der Waals surface area contributed by atoms with Gasteiger partial charge in [0.25, 0.3) is 5.76 Å². The van der Waals surface area contributed by atoms with E-state index in [0.717, 1.165) is 0 Å². The average molecular weight is 338 g/mol. The van der Waals surface area contributed by atoms with Crippen LogP contribution in [0, 0.1) is 0 Å². The number of hydrogen-bond donors (Lipinski definition) is 2. The molecule has 0 atom stereocenters. The number of carbonyl (C=O) groups is 2. The molecule has 5 nitrogen and oxygen atoms in total. The van der Waals surface area contributed by atoms with Crippen molar-refractivity contribution in [2.75, 3.05) is 26.0 Å². The van der Waals surface area contributed by atoms with Crippen LogP contribution in [0.15, 0.2) is 23.1 Å². The predicted octanol–water partition coefficient (Wildman–Crippen LogP) is 2.86. The van der Waals surface area contributed by atoms with Crippen LogP contribution in [0.25, 0.3) is 0 Å². The van der Waals surface area contributed by atoms with Gasteiger partial charge >= 0.3 is 6.03 Å². The number of carbonyl (C=O) groups excluding carboxylic acids is 2. The SMILES string of the molecule is CN(C)C(=O)CNC(=O)Nc1cccc(Cl)c1SC(F)F. The minimum atomic E-state index is -2.66. The molecule has 0 aromatic heterocycles. The van der Waals surface area contributed by atoms with Gasteiger partial charge in [-0.2, -0.15) is 8.78 Å². The number of urea groups is 1. The van der Waals surface area contributed by atoms with E-state index in [2.05, 4.69) is 10.6 Å². The predicted molar refractivity (Wildman–Crippen MR) is 79.0 cm³/mol. The summed E-state index contributed by atoms with van der Waals surface area (Å²) in [4.78, 5) is 24.4. The summed E-state index contributed by atoms with van der Waals surface area (Å²) in [7, 11) is 3.10. The molecule has 0 aliphatic heterocycles. The molecule has 2 N–H and O–H groups in total. The zero-order valence-electron chi connectivity index (χ0n) is 11.3. The maximum Gasteiger partial charge on any atom is 0.319 e. The first-order valence-electron chi connectivity index (χ1n) is 5.79. The average Bonchev–Trinajstić information content (AvgIpc) is 2.39. The summed E-state index contributed by atoms with van der Waals surface area (Å²) in [5, 5.41) is 4.84. The number of alkyl halides is 2. The Hall–Kier alpha value is -1.54. The van der Waals surface area contributed by atoms with Crippen molar-refractivity contribution in [2.24, 2.45) is 0 Å². The molecule has 3 amide bonds. The van der Waals surface area contributed by atoms with Gasteiger partial charge in [-0.25, -0.2) is 4.79 Å². The number of nitrogens with zero attached hydrogens (tertiary/aromatic N) is 1. The minimum absolute atomic E-state index is 0.0725. The van der Waals surface area contributed by atoms with Crippen LogP contribution in [-0.4, -0.2) is 43.2 Å². The Labute approximate surface area is 130 Å². The fourth-order valence-electron chi connectivity index (χ4n) is 1.30. The molecule has 0 spiro atoms. The van der Waals surface area contributed by atoms with E-state index in [1.165, 1.54) is 23.1 Å². The van der Waals surface area contributed by atoms with E-state index in [-0.39, 0.29) is 39.8 Å². The number of halogens is 3. The lowest BCUT2D eigenvalue weighted by molar-refractivity contribution is -0.127. The highest BCUT2D eigenvalue weighted by Gasteiger charge is 2.15. The van der Waals surface area contributed by atoms with Gasteiger partial charge in [0.1, 0.15) is 0 Å². The van der Waals surface area contributed by atoms with Crippen LogP contribution in [0.5, 0.6) is 0 Å². The number of rotatable bonds is 5. The molecule has 0 heterocycles. The molecular weight excluding hydrogens is 324 g/mol. The largest absolute Gasteiger partial charge is 0.347 e. The molecule has 0 aliphatic carbocycles. The van der Waals surface area contributed by atoms with Crippen LogP contribution in [0.1, 0.15) is 0 Å². The van der Waals surface area contributed by atoms with Crippen LogP contribution < -0.4 is 10.6 Å². The highest BCUT2D eigenvalue weighted by atomic mass is 35.5. The second-order valence-corrected chi connectivity index (χ2v) is 5.50. The van der Waals surface area contributed by atoms with Gasteiger partial charge in [0.15, 0.2) is 0 Å². The molecule has 1 aromatic carbocycles. The van der Waals surface area contributed by atoms with Gasteiger partial charge in [0, 0.05) is 14.1 Å². The molecule has 0 saturated carbocycles. The van der Waals surface area contributed by atoms with Crippen LogP contribution in [-0.2, 0) is 4.79 Å². The molecule has 0 bridgehead atoms. The Morgan fingerprint density at radius 2 is 2.05 bits per heavy atom. The Morgan fingerprint density at radius 3 is 2.62 bits per heavy atom. The smallest absolute Gasteiger partial charge is 0.319 e. The second kappa shape index (κ2) is 8.04. The van der Waals surface area contributed by atoms with E-state index in [4.69, 9.17) is 11.6 Å². The van der Waals surface area contributed by atoms with Crippen molar-refractivity contribution in [3.05, 3.63) is 23.2 Å². The quantitative estimate of drug-likeness (QED) is 0.812. The minimum Gasteiger partial charge on any atom is -0.347 e. The van der Waals surface area contributed by atoms with E-state index < -0.39 is 11.8 Å². The molecule has 1 aromatic rings. The van der Waals surface area contributed by atoms with E-state index >= 15 is 0 Å². The Balaban J connectivity index is 2.72. The molecule has 21 heavy (non-hydrogen) atoms.